The zero-order chi connectivity index (χ0) is 16.2. The number of hydrogen-bond acceptors (Lipinski definition) is 3. The molecule has 1 aromatic heterocycles. The molecule has 1 amide bonds. The molecule has 1 aromatic carbocycles. The van der Waals surface area contributed by atoms with Gasteiger partial charge in [-0.05, 0) is 62.4 Å². The predicted molar refractivity (Wildman–Crippen MR) is 94.2 cm³/mol. The van der Waals surface area contributed by atoms with Crippen LogP contribution >= 0.6 is 0 Å². The van der Waals surface area contributed by atoms with Crippen molar-refractivity contribution in [1.82, 2.24) is 4.98 Å². The summed E-state index contributed by atoms with van der Waals surface area (Å²) in [7, 11) is 0. The Hall–Kier alpha value is -2.36. The first-order chi connectivity index (χ1) is 11.1. The molecule has 2 heterocycles. The third-order valence-electron chi connectivity index (χ3n) is 4.55. The minimum Gasteiger partial charge on any atom is -0.370 e. The molecule has 0 unspecified atom stereocenters. The molecule has 0 bridgehead atoms. The maximum absolute atomic E-state index is 12.4. The molecule has 3 rings (SSSR count). The summed E-state index contributed by atoms with van der Waals surface area (Å²) in [4.78, 5) is 19.1. The molecule has 0 saturated carbocycles. The summed E-state index contributed by atoms with van der Waals surface area (Å²) < 4.78 is 0. The highest BCUT2D eigenvalue weighted by molar-refractivity contribution is 6.03. The monoisotopic (exact) mass is 309 g/mol. The van der Waals surface area contributed by atoms with Gasteiger partial charge in [0.15, 0.2) is 0 Å². The van der Waals surface area contributed by atoms with Gasteiger partial charge in [-0.25, -0.2) is 4.98 Å². The number of nitrogens with one attached hydrogen (secondary N) is 1. The van der Waals surface area contributed by atoms with Gasteiger partial charge in [-0.15, -0.1) is 0 Å². The van der Waals surface area contributed by atoms with Gasteiger partial charge in [0.25, 0.3) is 5.91 Å². The van der Waals surface area contributed by atoms with E-state index >= 15 is 0 Å². The van der Waals surface area contributed by atoms with Crippen molar-refractivity contribution in [3.8, 4) is 0 Å². The van der Waals surface area contributed by atoms with Crippen LogP contribution in [0.2, 0.25) is 0 Å². The van der Waals surface area contributed by atoms with E-state index in [1.54, 1.807) is 0 Å². The van der Waals surface area contributed by atoms with Crippen LogP contribution in [0, 0.1) is 13.8 Å². The fourth-order valence-electron chi connectivity index (χ4n) is 2.93. The summed E-state index contributed by atoms with van der Waals surface area (Å²) in [5.41, 5.74) is 4.65. The molecule has 1 aliphatic heterocycles. The molecule has 120 valence electrons. The average Bonchev–Trinajstić information content (AvgIpc) is 2.60. The van der Waals surface area contributed by atoms with Gasteiger partial charge in [0, 0.05) is 18.8 Å². The van der Waals surface area contributed by atoms with E-state index in [0.717, 1.165) is 35.6 Å². The second-order valence-electron chi connectivity index (χ2n) is 6.15. The normalized spacial score (nSPS) is 14.6. The Balaban J connectivity index is 1.71. The van der Waals surface area contributed by atoms with Crippen molar-refractivity contribution < 1.29 is 4.79 Å². The number of anilines is 2. The van der Waals surface area contributed by atoms with Crippen LogP contribution in [-0.4, -0.2) is 24.0 Å². The minimum absolute atomic E-state index is 0.163. The highest BCUT2D eigenvalue weighted by Crippen LogP contribution is 2.21. The van der Waals surface area contributed by atoms with Crippen molar-refractivity contribution in [2.75, 3.05) is 23.3 Å². The molecule has 23 heavy (non-hydrogen) atoms. The number of benzene rings is 1. The van der Waals surface area contributed by atoms with E-state index in [1.807, 2.05) is 50.4 Å². The standard InChI is InChI=1S/C19H23N3O/c1-14-7-6-8-17(15(14)2)21-19(23)18-10-9-16(13-20-18)22-11-4-3-5-12-22/h6-10,13H,3-5,11-12H2,1-2H3,(H,21,23). The lowest BCUT2D eigenvalue weighted by Gasteiger charge is -2.28. The van der Waals surface area contributed by atoms with Crippen molar-refractivity contribution in [2.45, 2.75) is 33.1 Å². The molecule has 1 fully saturated rings. The average molecular weight is 309 g/mol. The number of aromatic nitrogens is 1. The lowest BCUT2D eigenvalue weighted by atomic mass is 10.1. The molecule has 1 aliphatic rings. The number of piperidine rings is 1. The van der Waals surface area contributed by atoms with Gasteiger partial charge in [-0.1, -0.05) is 12.1 Å². The lowest BCUT2D eigenvalue weighted by Crippen LogP contribution is -2.29. The Labute approximate surface area is 137 Å². The molecular weight excluding hydrogens is 286 g/mol. The van der Waals surface area contributed by atoms with Crippen molar-refractivity contribution in [1.29, 1.82) is 0 Å². The van der Waals surface area contributed by atoms with E-state index in [2.05, 4.69) is 15.2 Å². The summed E-state index contributed by atoms with van der Waals surface area (Å²) in [6, 6.07) is 9.71. The molecular formula is C19H23N3O. The molecule has 4 nitrogen and oxygen atoms in total. The lowest BCUT2D eigenvalue weighted by molar-refractivity contribution is 0.102. The fraction of sp³-hybridized carbons (Fsp3) is 0.368. The van der Waals surface area contributed by atoms with Crippen LogP contribution in [0.3, 0.4) is 0 Å². The van der Waals surface area contributed by atoms with Crippen molar-refractivity contribution in [3.63, 3.8) is 0 Å². The fourth-order valence-corrected chi connectivity index (χ4v) is 2.93. The van der Waals surface area contributed by atoms with Crippen LogP contribution in [0.5, 0.6) is 0 Å². The van der Waals surface area contributed by atoms with Gasteiger partial charge < -0.3 is 10.2 Å². The molecule has 1 saturated heterocycles. The third-order valence-corrected chi connectivity index (χ3v) is 4.55. The first-order valence-electron chi connectivity index (χ1n) is 8.24. The minimum atomic E-state index is -0.163. The highest BCUT2D eigenvalue weighted by Gasteiger charge is 2.13. The number of carbonyl (C=O) groups excluding carboxylic acids is 1. The number of hydrogen-bond donors (Lipinski definition) is 1. The van der Waals surface area contributed by atoms with E-state index in [4.69, 9.17) is 0 Å². The maximum Gasteiger partial charge on any atom is 0.274 e. The number of carbonyl (C=O) groups is 1. The zero-order valence-electron chi connectivity index (χ0n) is 13.8. The summed E-state index contributed by atoms with van der Waals surface area (Å²) in [6.45, 7) is 6.21. The van der Waals surface area contributed by atoms with Gasteiger partial charge in [-0.2, -0.15) is 0 Å². The van der Waals surface area contributed by atoms with Crippen LogP contribution in [0.4, 0.5) is 11.4 Å². The third kappa shape index (κ3) is 3.52. The highest BCUT2D eigenvalue weighted by atomic mass is 16.1. The first kappa shape index (κ1) is 15.5. The van der Waals surface area contributed by atoms with E-state index in [-0.39, 0.29) is 5.91 Å². The summed E-state index contributed by atoms with van der Waals surface area (Å²) >= 11 is 0. The summed E-state index contributed by atoms with van der Waals surface area (Å²) in [5, 5.41) is 2.95. The van der Waals surface area contributed by atoms with E-state index in [0.29, 0.717) is 5.69 Å². The van der Waals surface area contributed by atoms with Gasteiger partial charge in [0.2, 0.25) is 0 Å². The van der Waals surface area contributed by atoms with Crippen LogP contribution in [-0.2, 0) is 0 Å². The second kappa shape index (κ2) is 6.82. The number of pyridine rings is 1. The van der Waals surface area contributed by atoms with Gasteiger partial charge >= 0.3 is 0 Å². The van der Waals surface area contributed by atoms with Crippen LogP contribution in [0.1, 0.15) is 40.9 Å². The van der Waals surface area contributed by atoms with Crippen LogP contribution in [0.15, 0.2) is 36.5 Å². The molecule has 0 radical (unpaired) electrons. The SMILES string of the molecule is Cc1cccc(NC(=O)c2ccc(N3CCCCC3)cn2)c1C. The van der Waals surface area contributed by atoms with E-state index in [9.17, 15) is 4.79 Å². The Kier molecular flexibility index (Phi) is 4.60. The Morgan fingerprint density at radius 3 is 2.57 bits per heavy atom. The first-order valence-corrected chi connectivity index (χ1v) is 8.24. The topological polar surface area (TPSA) is 45.2 Å². The zero-order valence-corrected chi connectivity index (χ0v) is 13.8. The number of aryl methyl sites for hydroxylation is 1. The summed E-state index contributed by atoms with van der Waals surface area (Å²) in [5.74, 6) is -0.163. The quantitative estimate of drug-likeness (QED) is 0.934. The maximum atomic E-state index is 12.4. The molecule has 1 N–H and O–H groups in total. The Morgan fingerprint density at radius 1 is 1.09 bits per heavy atom. The molecule has 0 spiro atoms. The molecule has 4 heteroatoms. The van der Waals surface area contributed by atoms with Crippen molar-refractivity contribution in [3.05, 3.63) is 53.3 Å². The number of amides is 1. The van der Waals surface area contributed by atoms with E-state index < -0.39 is 0 Å². The molecule has 2 aromatic rings. The Bertz CT molecular complexity index is 688. The van der Waals surface area contributed by atoms with Gasteiger partial charge in [0.05, 0.1) is 11.9 Å². The van der Waals surface area contributed by atoms with E-state index in [1.165, 1.54) is 19.3 Å². The smallest absolute Gasteiger partial charge is 0.274 e. The van der Waals surface area contributed by atoms with Crippen molar-refractivity contribution in [2.24, 2.45) is 0 Å². The van der Waals surface area contributed by atoms with Gasteiger partial charge in [0.1, 0.15) is 5.69 Å². The molecule has 0 aliphatic carbocycles. The molecule has 0 atom stereocenters. The number of nitrogens with zero attached hydrogens (tertiary/aromatic N) is 2. The van der Waals surface area contributed by atoms with Crippen molar-refractivity contribution >= 4 is 17.3 Å². The van der Waals surface area contributed by atoms with Gasteiger partial charge in [-0.3, -0.25) is 4.79 Å². The predicted octanol–water partition coefficient (Wildman–Crippen LogP) is 3.94. The Morgan fingerprint density at radius 2 is 1.87 bits per heavy atom. The largest absolute Gasteiger partial charge is 0.370 e. The number of rotatable bonds is 3. The summed E-state index contributed by atoms with van der Waals surface area (Å²) in [6.07, 6.45) is 5.58. The van der Waals surface area contributed by atoms with Crippen LogP contribution in [0.25, 0.3) is 0 Å². The second-order valence-corrected chi connectivity index (χ2v) is 6.15. The van der Waals surface area contributed by atoms with Crippen LogP contribution < -0.4 is 10.2 Å².